The zero-order valence-corrected chi connectivity index (χ0v) is 14.9. The predicted molar refractivity (Wildman–Crippen MR) is 92.7 cm³/mol. The van der Waals surface area contributed by atoms with Crippen molar-refractivity contribution in [2.45, 2.75) is 58.7 Å². The zero-order chi connectivity index (χ0) is 17.5. The molecule has 0 saturated heterocycles. The Morgan fingerprint density at radius 1 is 1.35 bits per heavy atom. The SMILES string of the molecule is COCOc1ccc(C)cc1C[C@H](O)[C@@](C)(O)CCC=C(C)C. The van der Waals surface area contributed by atoms with Crippen LogP contribution in [0.3, 0.4) is 0 Å². The minimum absolute atomic E-state index is 0.156. The van der Waals surface area contributed by atoms with Gasteiger partial charge in [0.15, 0.2) is 6.79 Å². The minimum Gasteiger partial charge on any atom is -0.467 e. The first-order chi connectivity index (χ1) is 10.8. The number of ether oxygens (including phenoxy) is 2. The van der Waals surface area contributed by atoms with Crippen LogP contribution in [0.4, 0.5) is 0 Å². The number of hydrogen-bond donors (Lipinski definition) is 2. The summed E-state index contributed by atoms with van der Waals surface area (Å²) in [4.78, 5) is 0. The molecule has 0 radical (unpaired) electrons. The van der Waals surface area contributed by atoms with Gasteiger partial charge >= 0.3 is 0 Å². The van der Waals surface area contributed by atoms with E-state index in [0.29, 0.717) is 18.6 Å². The second-order valence-corrected chi connectivity index (χ2v) is 6.56. The van der Waals surface area contributed by atoms with E-state index in [-0.39, 0.29) is 6.79 Å². The standard InChI is InChI=1S/C19H30O4/c1-14(2)7-6-10-19(4,21)18(20)12-16-11-15(3)8-9-17(16)23-13-22-5/h7-9,11,18,20-21H,6,10,12-13H2,1-5H3/t18-,19-/m0/s1. The molecule has 0 bridgehead atoms. The van der Waals surface area contributed by atoms with Gasteiger partial charge in [-0.2, -0.15) is 0 Å². The lowest BCUT2D eigenvalue weighted by Crippen LogP contribution is -2.40. The fraction of sp³-hybridized carbons (Fsp3) is 0.579. The molecule has 4 heteroatoms. The molecule has 0 aliphatic rings. The van der Waals surface area contributed by atoms with E-state index < -0.39 is 11.7 Å². The van der Waals surface area contributed by atoms with E-state index in [0.717, 1.165) is 17.5 Å². The zero-order valence-electron chi connectivity index (χ0n) is 14.9. The van der Waals surface area contributed by atoms with Crippen molar-refractivity contribution in [3.63, 3.8) is 0 Å². The first kappa shape index (κ1) is 19.7. The first-order valence-corrected chi connectivity index (χ1v) is 8.01. The number of rotatable bonds is 9. The Kier molecular flexibility index (Phi) is 7.76. The molecule has 1 rings (SSSR count). The monoisotopic (exact) mass is 322 g/mol. The molecule has 2 N–H and O–H groups in total. The number of methoxy groups -OCH3 is 1. The summed E-state index contributed by atoms with van der Waals surface area (Å²) >= 11 is 0. The highest BCUT2D eigenvalue weighted by atomic mass is 16.7. The van der Waals surface area contributed by atoms with Crippen molar-refractivity contribution in [3.05, 3.63) is 41.0 Å². The summed E-state index contributed by atoms with van der Waals surface area (Å²) in [7, 11) is 1.57. The number of allylic oxidation sites excluding steroid dienone is 2. The van der Waals surface area contributed by atoms with E-state index in [4.69, 9.17) is 9.47 Å². The van der Waals surface area contributed by atoms with Gasteiger partial charge in [-0.25, -0.2) is 0 Å². The van der Waals surface area contributed by atoms with Crippen LogP contribution >= 0.6 is 0 Å². The van der Waals surface area contributed by atoms with Gasteiger partial charge in [-0.15, -0.1) is 0 Å². The third kappa shape index (κ3) is 6.73. The van der Waals surface area contributed by atoms with Gasteiger partial charge in [0.1, 0.15) is 5.75 Å². The van der Waals surface area contributed by atoms with E-state index in [9.17, 15) is 10.2 Å². The van der Waals surface area contributed by atoms with Crippen LogP contribution in [0.15, 0.2) is 29.8 Å². The van der Waals surface area contributed by atoms with Crippen molar-refractivity contribution in [3.8, 4) is 5.75 Å². The summed E-state index contributed by atoms with van der Waals surface area (Å²) in [6, 6.07) is 5.79. The maximum absolute atomic E-state index is 10.5. The average Bonchev–Trinajstić information content (AvgIpc) is 2.45. The van der Waals surface area contributed by atoms with E-state index in [2.05, 4.69) is 6.08 Å². The molecule has 1 aromatic carbocycles. The Hall–Kier alpha value is -1.36. The number of benzene rings is 1. The fourth-order valence-electron chi connectivity index (χ4n) is 2.38. The second kappa shape index (κ2) is 9.06. The number of hydrogen-bond acceptors (Lipinski definition) is 4. The van der Waals surface area contributed by atoms with Crippen molar-refractivity contribution in [1.82, 2.24) is 0 Å². The second-order valence-electron chi connectivity index (χ2n) is 6.56. The van der Waals surface area contributed by atoms with Gasteiger partial charge in [0.2, 0.25) is 0 Å². The Bertz CT molecular complexity index is 516. The molecule has 0 amide bonds. The Labute approximate surface area is 139 Å². The molecule has 0 heterocycles. The van der Waals surface area contributed by atoms with Crippen molar-refractivity contribution < 1.29 is 19.7 Å². The molecular formula is C19H30O4. The van der Waals surface area contributed by atoms with Gasteiger partial charge < -0.3 is 19.7 Å². The van der Waals surface area contributed by atoms with E-state index in [1.165, 1.54) is 5.57 Å². The predicted octanol–water partition coefficient (Wildman–Crippen LogP) is 3.38. The average molecular weight is 322 g/mol. The molecule has 0 fully saturated rings. The van der Waals surface area contributed by atoms with Gasteiger partial charge in [-0.1, -0.05) is 29.3 Å². The summed E-state index contributed by atoms with van der Waals surface area (Å²) in [5.74, 6) is 0.677. The van der Waals surface area contributed by atoms with Crippen LogP contribution in [0.25, 0.3) is 0 Å². The molecule has 0 spiro atoms. The largest absolute Gasteiger partial charge is 0.467 e. The van der Waals surface area contributed by atoms with E-state index in [1.807, 2.05) is 39.0 Å². The van der Waals surface area contributed by atoms with Crippen LogP contribution in [0.2, 0.25) is 0 Å². The van der Waals surface area contributed by atoms with Crippen molar-refractivity contribution in [2.24, 2.45) is 0 Å². The Balaban J connectivity index is 2.80. The Morgan fingerprint density at radius 3 is 2.65 bits per heavy atom. The summed E-state index contributed by atoms with van der Waals surface area (Å²) < 4.78 is 10.5. The maximum atomic E-state index is 10.5. The number of aryl methyl sites for hydroxylation is 1. The van der Waals surface area contributed by atoms with Gasteiger partial charge in [-0.05, 0) is 52.2 Å². The topological polar surface area (TPSA) is 58.9 Å². The first-order valence-electron chi connectivity index (χ1n) is 8.01. The smallest absolute Gasteiger partial charge is 0.188 e. The molecule has 0 unspecified atom stereocenters. The maximum Gasteiger partial charge on any atom is 0.188 e. The van der Waals surface area contributed by atoms with Gasteiger partial charge in [-0.3, -0.25) is 0 Å². The molecule has 23 heavy (non-hydrogen) atoms. The van der Waals surface area contributed by atoms with Gasteiger partial charge in [0.25, 0.3) is 0 Å². The quantitative estimate of drug-likeness (QED) is 0.540. The normalized spacial score (nSPS) is 14.9. The minimum atomic E-state index is -1.14. The lowest BCUT2D eigenvalue weighted by molar-refractivity contribution is -0.0658. The highest BCUT2D eigenvalue weighted by molar-refractivity contribution is 5.37. The van der Waals surface area contributed by atoms with Crippen LogP contribution in [0.1, 0.15) is 44.7 Å². The summed E-state index contributed by atoms with van der Waals surface area (Å²) in [6.45, 7) is 7.88. The van der Waals surface area contributed by atoms with E-state index in [1.54, 1.807) is 14.0 Å². The van der Waals surface area contributed by atoms with Crippen LogP contribution in [-0.4, -0.2) is 35.8 Å². The van der Waals surface area contributed by atoms with Crippen molar-refractivity contribution in [2.75, 3.05) is 13.9 Å². The summed E-state index contributed by atoms with van der Waals surface area (Å²) in [5, 5.41) is 21.0. The van der Waals surface area contributed by atoms with Crippen LogP contribution in [0.5, 0.6) is 5.75 Å². The van der Waals surface area contributed by atoms with Crippen LogP contribution in [0, 0.1) is 6.92 Å². The number of aliphatic hydroxyl groups is 2. The van der Waals surface area contributed by atoms with Crippen molar-refractivity contribution in [1.29, 1.82) is 0 Å². The van der Waals surface area contributed by atoms with Crippen molar-refractivity contribution >= 4 is 0 Å². The molecular weight excluding hydrogens is 292 g/mol. The molecule has 4 nitrogen and oxygen atoms in total. The van der Waals surface area contributed by atoms with Gasteiger partial charge in [0, 0.05) is 13.5 Å². The molecule has 2 atom stereocenters. The highest BCUT2D eigenvalue weighted by Crippen LogP contribution is 2.26. The van der Waals surface area contributed by atoms with Crippen LogP contribution in [-0.2, 0) is 11.2 Å². The summed E-state index contributed by atoms with van der Waals surface area (Å²) in [6.07, 6.45) is 2.80. The lowest BCUT2D eigenvalue weighted by Gasteiger charge is -2.29. The molecule has 130 valence electrons. The fourth-order valence-corrected chi connectivity index (χ4v) is 2.38. The highest BCUT2D eigenvalue weighted by Gasteiger charge is 2.30. The lowest BCUT2D eigenvalue weighted by atomic mass is 9.88. The molecule has 0 saturated carbocycles. The van der Waals surface area contributed by atoms with E-state index >= 15 is 0 Å². The third-order valence-electron chi connectivity index (χ3n) is 3.88. The Morgan fingerprint density at radius 2 is 2.04 bits per heavy atom. The molecule has 0 aliphatic heterocycles. The van der Waals surface area contributed by atoms with Gasteiger partial charge in [0.05, 0.1) is 11.7 Å². The molecule has 0 aliphatic carbocycles. The molecule has 1 aromatic rings. The summed E-state index contributed by atoms with van der Waals surface area (Å²) in [5.41, 5.74) is 2.02. The van der Waals surface area contributed by atoms with Crippen LogP contribution < -0.4 is 4.74 Å². The molecule has 0 aromatic heterocycles. The third-order valence-corrected chi connectivity index (χ3v) is 3.88. The number of aliphatic hydroxyl groups excluding tert-OH is 1.